The second-order valence-electron chi connectivity index (χ2n) is 4.37. The molecule has 2 heterocycles. The van der Waals surface area contributed by atoms with Gasteiger partial charge in [-0.3, -0.25) is 5.10 Å². The average molecular weight is 274 g/mol. The molecule has 1 aliphatic rings. The van der Waals surface area contributed by atoms with Crippen molar-refractivity contribution in [1.82, 2.24) is 14.5 Å². The van der Waals surface area contributed by atoms with Crippen molar-refractivity contribution in [2.24, 2.45) is 5.73 Å². The number of aromatic amines is 1. The van der Waals surface area contributed by atoms with E-state index in [2.05, 4.69) is 10.2 Å². The molecule has 1 unspecified atom stereocenters. The number of hydrogen-bond donors (Lipinski definition) is 2. The van der Waals surface area contributed by atoms with Crippen molar-refractivity contribution >= 4 is 10.0 Å². The van der Waals surface area contributed by atoms with Crippen LogP contribution >= 0.6 is 0 Å². The van der Waals surface area contributed by atoms with Crippen LogP contribution in [-0.4, -0.2) is 48.7 Å². The smallest absolute Gasteiger partial charge is 0.247 e. The van der Waals surface area contributed by atoms with Crippen LogP contribution in [0, 0.1) is 6.92 Å². The number of nitrogens with one attached hydrogen (secondary N) is 1. The SMILES string of the molecule is Cc1[nH]nc(CN)c1S(=O)(=O)N1CCOCC1C. The highest BCUT2D eigenvalue weighted by Gasteiger charge is 2.35. The van der Waals surface area contributed by atoms with Crippen LogP contribution in [0.3, 0.4) is 0 Å². The zero-order valence-corrected chi connectivity index (χ0v) is 11.3. The number of H-pyrrole nitrogens is 1. The molecule has 1 atom stereocenters. The number of nitrogens with zero attached hydrogens (tertiary/aromatic N) is 2. The third-order valence-corrected chi connectivity index (χ3v) is 5.25. The van der Waals surface area contributed by atoms with E-state index in [-0.39, 0.29) is 17.5 Å². The highest BCUT2D eigenvalue weighted by atomic mass is 32.2. The summed E-state index contributed by atoms with van der Waals surface area (Å²) in [5.41, 5.74) is 6.44. The summed E-state index contributed by atoms with van der Waals surface area (Å²) in [6, 6.07) is -0.177. The van der Waals surface area contributed by atoms with E-state index in [1.54, 1.807) is 6.92 Å². The van der Waals surface area contributed by atoms with Gasteiger partial charge in [-0.05, 0) is 13.8 Å². The molecule has 0 aromatic carbocycles. The third-order valence-electron chi connectivity index (χ3n) is 3.03. The monoisotopic (exact) mass is 274 g/mol. The Balaban J connectivity index is 2.44. The predicted molar refractivity (Wildman–Crippen MR) is 65.4 cm³/mol. The summed E-state index contributed by atoms with van der Waals surface area (Å²) in [5.74, 6) is 0. The summed E-state index contributed by atoms with van der Waals surface area (Å²) in [4.78, 5) is 0.207. The number of rotatable bonds is 3. The maximum absolute atomic E-state index is 12.6. The van der Waals surface area contributed by atoms with E-state index in [1.165, 1.54) is 4.31 Å². The fraction of sp³-hybridized carbons (Fsp3) is 0.700. The van der Waals surface area contributed by atoms with Gasteiger partial charge in [0.15, 0.2) is 0 Å². The van der Waals surface area contributed by atoms with Crippen molar-refractivity contribution in [3.8, 4) is 0 Å². The van der Waals surface area contributed by atoms with E-state index in [4.69, 9.17) is 10.5 Å². The van der Waals surface area contributed by atoms with E-state index in [1.807, 2.05) is 6.92 Å². The molecule has 18 heavy (non-hydrogen) atoms. The molecule has 7 nitrogen and oxygen atoms in total. The maximum Gasteiger partial charge on any atom is 0.247 e. The molecule has 0 aliphatic carbocycles. The first-order chi connectivity index (χ1) is 8.48. The van der Waals surface area contributed by atoms with E-state index in [0.717, 1.165) is 0 Å². The largest absolute Gasteiger partial charge is 0.378 e. The Morgan fingerprint density at radius 3 is 2.94 bits per heavy atom. The van der Waals surface area contributed by atoms with Gasteiger partial charge in [-0.2, -0.15) is 9.40 Å². The topological polar surface area (TPSA) is 101 Å². The van der Waals surface area contributed by atoms with E-state index in [9.17, 15) is 8.42 Å². The van der Waals surface area contributed by atoms with Crippen LogP contribution < -0.4 is 5.73 Å². The van der Waals surface area contributed by atoms with Crippen LogP contribution in [0.1, 0.15) is 18.3 Å². The minimum Gasteiger partial charge on any atom is -0.378 e. The summed E-state index contributed by atoms with van der Waals surface area (Å²) >= 11 is 0. The number of aryl methyl sites for hydroxylation is 1. The van der Waals surface area contributed by atoms with Gasteiger partial charge in [0, 0.05) is 19.1 Å². The fourth-order valence-electron chi connectivity index (χ4n) is 2.14. The summed E-state index contributed by atoms with van der Waals surface area (Å²) in [7, 11) is -3.56. The molecule has 1 aliphatic heterocycles. The zero-order chi connectivity index (χ0) is 13.3. The highest BCUT2D eigenvalue weighted by Crippen LogP contribution is 2.24. The molecule has 3 N–H and O–H groups in total. The molecule has 102 valence electrons. The molecule has 1 fully saturated rings. The Morgan fingerprint density at radius 2 is 2.33 bits per heavy atom. The van der Waals surface area contributed by atoms with Crippen LogP contribution in [0.5, 0.6) is 0 Å². The number of ether oxygens (including phenoxy) is 1. The molecule has 8 heteroatoms. The van der Waals surface area contributed by atoms with Gasteiger partial charge in [0.25, 0.3) is 0 Å². The Kier molecular flexibility index (Phi) is 3.71. The van der Waals surface area contributed by atoms with Crippen molar-refractivity contribution in [2.75, 3.05) is 19.8 Å². The second-order valence-corrected chi connectivity index (χ2v) is 6.20. The van der Waals surface area contributed by atoms with Crippen LogP contribution in [0.15, 0.2) is 4.90 Å². The standard InChI is InChI=1S/C10H18N4O3S/c1-7-6-17-4-3-14(7)18(15,16)10-8(2)12-13-9(10)5-11/h7H,3-6,11H2,1-2H3,(H,12,13). The minimum absolute atomic E-state index is 0.0949. The van der Waals surface area contributed by atoms with Gasteiger partial charge in [-0.25, -0.2) is 8.42 Å². The molecule has 0 radical (unpaired) electrons. The van der Waals surface area contributed by atoms with Gasteiger partial charge in [-0.1, -0.05) is 0 Å². The number of sulfonamides is 1. The lowest BCUT2D eigenvalue weighted by atomic mass is 10.3. The highest BCUT2D eigenvalue weighted by molar-refractivity contribution is 7.89. The van der Waals surface area contributed by atoms with Gasteiger partial charge in [0.2, 0.25) is 10.0 Å². The van der Waals surface area contributed by atoms with Gasteiger partial charge in [0.05, 0.1) is 24.6 Å². The van der Waals surface area contributed by atoms with Gasteiger partial charge in [-0.15, -0.1) is 0 Å². The third kappa shape index (κ3) is 2.16. The lowest BCUT2D eigenvalue weighted by Gasteiger charge is -2.32. The Labute approximate surface area is 106 Å². The van der Waals surface area contributed by atoms with Crippen LogP contribution in [-0.2, 0) is 21.3 Å². The molecule has 0 spiro atoms. The van der Waals surface area contributed by atoms with Crippen LogP contribution in [0.4, 0.5) is 0 Å². The van der Waals surface area contributed by atoms with Crippen molar-refractivity contribution < 1.29 is 13.2 Å². The molecule has 2 rings (SSSR count). The van der Waals surface area contributed by atoms with Crippen molar-refractivity contribution in [3.05, 3.63) is 11.4 Å². The summed E-state index contributed by atoms with van der Waals surface area (Å²) in [6.45, 7) is 4.79. The zero-order valence-electron chi connectivity index (χ0n) is 10.5. The molecule has 1 aromatic rings. The Bertz CT molecular complexity index is 525. The molecule has 1 saturated heterocycles. The number of hydrogen-bond acceptors (Lipinski definition) is 5. The fourth-order valence-corrected chi connectivity index (χ4v) is 4.08. The van der Waals surface area contributed by atoms with Gasteiger partial charge in [0.1, 0.15) is 4.90 Å². The predicted octanol–water partition coefficient (Wildman–Crippen LogP) is -0.414. The number of morpholine rings is 1. The average Bonchev–Trinajstić information content (AvgIpc) is 2.71. The molecule has 0 amide bonds. The first-order valence-corrected chi connectivity index (χ1v) is 7.26. The first kappa shape index (κ1) is 13.5. The summed E-state index contributed by atoms with van der Waals surface area (Å²) in [6.07, 6.45) is 0. The minimum atomic E-state index is -3.56. The first-order valence-electron chi connectivity index (χ1n) is 5.82. The number of nitrogens with two attached hydrogens (primary N) is 1. The Hall–Kier alpha value is -0.960. The normalized spacial score (nSPS) is 22.3. The van der Waals surface area contributed by atoms with E-state index >= 15 is 0 Å². The van der Waals surface area contributed by atoms with Crippen LogP contribution in [0.2, 0.25) is 0 Å². The summed E-state index contributed by atoms with van der Waals surface area (Å²) in [5, 5.41) is 6.61. The second kappa shape index (κ2) is 4.96. The molecule has 0 saturated carbocycles. The van der Waals surface area contributed by atoms with Crippen molar-refractivity contribution in [2.45, 2.75) is 31.3 Å². The lowest BCUT2D eigenvalue weighted by molar-refractivity contribution is 0.0392. The van der Waals surface area contributed by atoms with Crippen molar-refractivity contribution in [1.29, 1.82) is 0 Å². The molecule has 1 aromatic heterocycles. The number of aromatic nitrogens is 2. The summed E-state index contributed by atoms with van der Waals surface area (Å²) < 4.78 is 31.9. The van der Waals surface area contributed by atoms with E-state index < -0.39 is 10.0 Å². The quantitative estimate of drug-likeness (QED) is 0.780. The van der Waals surface area contributed by atoms with E-state index in [0.29, 0.717) is 31.1 Å². The molecular weight excluding hydrogens is 256 g/mol. The molecule has 0 bridgehead atoms. The van der Waals surface area contributed by atoms with Gasteiger partial charge >= 0.3 is 0 Å². The van der Waals surface area contributed by atoms with Crippen LogP contribution in [0.25, 0.3) is 0 Å². The maximum atomic E-state index is 12.6. The molecular formula is C10H18N4O3S. The lowest BCUT2D eigenvalue weighted by Crippen LogP contribution is -2.47. The Morgan fingerprint density at radius 1 is 1.61 bits per heavy atom. The van der Waals surface area contributed by atoms with Gasteiger partial charge < -0.3 is 10.5 Å². The van der Waals surface area contributed by atoms with Crippen molar-refractivity contribution in [3.63, 3.8) is 0 Å².